The van der Waals surface area contributed by atoms with Gasteiger partial charge in [-0.05, 0) is 26.3 Å². The first kappa shape index (κ1) is 17.8. The second-order valence-electron chi connectivity index (χ2n) is 5.47. The summed E-state index contributed by atoms with van der Waals surface area (Å²) in [6.07, 6.45) is 0.697. The normalized spacial score (nSPS) is 24.3. The molecular formula is C14H20N2O6S. The molecule has 0 bridgehead atoms. The Morgan fingerprint density at radius 1 is 1.43 bits per heavy atom. The van der Waals surface area contributed by atoms with E-state index in [1.165, 1.54) is 6.92 Å². The third-order valence-electron chi connectivity index (χ3n) is 3.77. The van der Waals surface area contributed by atoms with E-state index >= 15 is 0 Å². The van der Waals surface area contributed by atoms with Crippen LogP contribution in [0.25, 0.3) is 0 Å². The molecule has 128 valence electrons. The zero-order valence-electron chi connectivity index (χ0n) is 12.7. The fourth-order valence-electron chi connectivity index (χ4n) is 2.59. The molecule has 0 unspecified atom stereocenters. The van der Waals surface area contributed by atoms with Gasteiger partial charge in [-0.1, -0.05) is 11.8 Å². The van der Waals surface area contributed by atoms with E-state index in [0.29, 0.717) is 24.3 Å². The fourth-order valence-corrected chi connectivity index (χ4v) is 4.11. The van der Waals surface area contributed by atoms with Crippen LogP contribution in [0.5, 0.6) is 0 Å². The summed E-state index contributed by atoms with van der Waals surface area (Å²) in [6, 6.07) is 0. The number of fused-ring (bicyclic) bond motifs is 1. The number of hydrogen-bond acceptors (Lipinski definition) is 7. The van der Waals surface area contributed by atoms with Crippen LogP contribution in [0.2, 0.25) is 0 Å². The molecule has 2 aliphatic rings. The highest BCUT2D eigenvalue weighted by Gasteiger charge is 2.57. The minimum absolute atomic E-state index is 0.156. The number of rotatable bonds is 8. The maximum absolute atomic E-state index is 12.0. The molecule has 0 aromatic heterocycles. The monoisotopic (exact) mass is 344 g/mol. The lowest BCUT2D eigenvalue weighted by Gasteiger charge is -2.43. The van der Waals surface area contributed by atoms with E-state index in [2.05, 4.69) is 0 Å². The molecule has 0 aromatic rings. The average Bonchev–Trinajstić information content (AvgIpc) is 2.79. The van der Waals surface area contributed by atoms with Crippen molar-refractivity contribution in [2.45, 2.75) is 37.7 Å². The minimum atomic E-state index is -1.24. The number of aliphatic carboxylic acids is 1. The molecule has 0 aliphatic carbocycles. The molecule has 0 saturated carbocycles. The van der Waals surface area contributed by atoms with Gasteiger partial charge in [0.1, 0.15) is 17.7 Å². The number of nitrogens with two attached hydrogens (primary N) is 1. The number of aliphatic hydroxyl groups excluding tert-OH is 1. The first-order chi connectivity index (χ1) is 10.9. The largest absolute Gasteiger partial charge is 0.477 e. The number of hydrogen-bond donors (Lipinski definition) is 3. The third kappa shape index (κ3) is 3.51. The summed E-state index contributed by atoms with van der Waals surface area (Å²) in [6.45, 7) is 1.81. The van der Waals surface area contributed by atoms with Crippen molar-refractivity contribution in [3.05, 3.63) is 10.6 Å². The number of esters is 1. The Kier molecular flexibility index (Phi) is 5.66. The summed E-state index contributed by atoms with van der Waals surface area (Å²) in [5.41, 5.74) is 5.19. The van der Waals surface area contributed by atoms with Crippen molar-refractivity contribution in [2.24, 2.45) is 11.7 Å². The Balaban J connectivity index is 1.99. The van der Waals surface area contributed by atoms with Gasteiger partial charge in [0.2, 0.25) is 5.91 Å². The van der Waals surface area contributed by atoms with E-state index in [4.69, 9.17) is 10.5 Å². The molecule has 2 aliphatic heterocycles. The minimum Gasteiger partial charge on any atom is -0.477 e. The number of unbranched alkanes of at least 4 members (excludes halogenated alkanes) is 1. The van der Waals surface area contributed by atoms with Crippen LogP contribution in [0.3, 0.4) is 0 Å². The molecule has 1 fully saturated rings. The summed E-state index contributed by atoms with van der Waals surface area (Å²) >= 11 is 1.15. The highest BCUT2D eigenvalue weighted by atomic mass is 32.2. The van der Waals surface area contributed by atoms with Gasteiger partial charge in [0, 0.05) is 6.42 Å². The first-order valence-corrected chi connectivity index (χ1v) is 8.26. The van der Waals surface area contributed by atoms with Crippen LogP contribution in [0.15, 0.2) is 10.6 Å². The van der Waals surface area contributed by atoms with Crippen molar-refractivity contribution in [1.29, 1.82) is 0 Å². The van der Waals surface area contributed by atoms with Crippen molar-refractivity contribution >= 4 is 29.6 Å². The molecule has 8 nitrogen and oxygen atoms in total. The average molecular weight is 344 g/mol. The summed E-state index contributed by atoms with van der Waals surface area (Å²) in [5.74, 6) is -2.72. The second kappa shape index (κ2) is 7.33. The van der Waals surface area contributed by atoms with Crippen LogP contribution in [0.1, 0.15) is 26.2 Å². The first-order valence-electron chi connectivity index (χ1n) is 7.38. The lowest BCUT2D eigenvalue weighted by molar-refractivity contribution is -0.156. The van der Waals surface area contributed by atoms with E-state index < -0.39 is 35.2 Å². The number of ether oxygens (including phenoxy) is 1. The number of carboxylic acids is 1. The second-order valence-corrected chi connectivity index (χ2v) is 6.68. The molecule has 2 heterocycles. The lowest BCUT2D eigenvalue weighted by atomic mass is 9.92. The van der Waals surface area contributed by atoms with Crippen molar-refractivity contribution < 1.29 is 29.3 Å². The number of carboxylic acid groups (broad SMARTS) is 1. The Labute approximate surface area is 137 Å². The van der Waals surface area contributed by atoms with Crippen molar-refractivity contribution in [3.63, 3.8) is 0 Å². The van der Waals surface area contributed by atoms with Crippen LogP contribution in [-0.4, -0.2) is 57.6 Å². The molecule has 2 rings (SSSR count). The van der Waals surface area contributed by atoms with Gasteiger partial charge in [-0.25, -0.2) is 4.79 Å². The van der Waals surface area contributed by atoms with E-state index in [-0.39, 0.29) is 18.7 Å². The summed E-state index contributed by atoms with van der Waals surface area (Å²) in [5, 5.41) is 18.5. The van der Waals surface area contributed by atoms with Gasteiger partial charge in [0.05, 0.1) is 16.9 Å². The Morgan fingerprint density at radius 3 is 2.70 bits per heavy atom. The molecule has 0 aromatic carbocycles. The molecule has 23 heavy (non-hydrogen) atoms. The van der Waals surface area contributed by atoms with E-state index in [0.717, 1.165) is 16.7 Å². The number of nitrogens with zero attached hydrogens (tertiary/aromatic N) is 1. The van der Waals surface area contributed by atoms with Crippen LogP contribution in [0, 0.1) is 5.92 Å². The van der Waals surface area contributed by atoms with E-state index in [9.17, 15) is 24.6 Å². The van der Waals surface area contributed by atoms with Gasteiger partial charge in [-0.15, -0.1) is 0 Å². The fraction of sp³-hybridized carbons (Fsp3) is 0.643. The predicted octanol–water partition coefficient (Wildman–Crippen LogP) is -0.133. The quantitative estimate of drug-likeness (QED) is 0.315. The van der Waals surface area contributed by atoms with Gasteiger partial charge < -0.3 is 20.7 Å². The third-order valence-corrected chi connectivity index (χ3v) is 5.12. The maximum Gasteiger partial charge on any atom is 0.353 e. The van der Waals surface area contributed by atoms with Gasteiger partial charge in [0.25, 0.3) is 0 Å². The number of amides is 1. The molecule has 0 radical (unpaired) electrons. The van der Waals surface area contributed by atoms with Crippen molar-refractivity contribution in [3.8, 4) is 0 Å². The number of carbonyl (C=O) groups excluding carboxylic acids is 2. The van der Waals surface area contributed by atoms with Crippen LogP contribution in [0.4, 0.5) is 0 Å². The van der Waals surface area contributed by atoms with Crippen molar-refractivity contribution in [1.82, 2.24) is 4.90 Å². The molecule has 0 spiro atoms. The molecular weight excluding hydrogens is 324 g/mol. The SMILES string of the molecule is C[C@@H](O)[C@H]1C(=O)N2C(C(=O)O)=C(COC(=O)CCCCN)S[C@H]12. The number of carbonyl (C=O) groups is 3. The predicted molar refractivity (Wildman–Crippen MR) is 81.9 cm³/mol. The summed E-state index contributed by atoms with van der Waals surface area (Å²) < 4.78 is 5.09. The number of aliphatic hydroxyl groups is 1. The van der Waals surface area contributed by atoms with Gasteiger partial charge in [-0.3, -0.25) is 14.5 Å². The van der Waals surface area contributed by atoms with E-state index in [1.54, 1.807) is 0 Å². The van der Waals surface area contributed by atoms with Gasteiger partial charge >= 0.3 is 11.9 Å². The Hall–Kier alpha value is -1.58. The topological polar surface area (TPSA) is 130 Å². The maximum atomic E-state index is 12.0. The number of thioether (sulfide) groups is 1. The Morgan fingerprint density at radius 2 is 2.13 bits per heavy atom. The molecule has 1 saturated heterocycles. The lowest BCUT2D eigenvalue weighted by Crippen LogP contribution is -2.60. The van der Waals surface area contributed by atoms with Gasteiger partial charge in [-0.2, -0.15) is 0 Å². The Bertz CT molecular complexity index is 547. The zero-order valence-corrected chi connectivity index (χ0v) is 13.5. The zero-order chi connectivity index (χ0) is 17.1. The number of β-lactam (4-membered cyclic amide) rings is 1. The smallest absolute Gasteiger partial charge is 0.353 e. The van der Waals surface area contributed by atoms with Crippen LogP contribution >= 0.6 is 11.8 Å². The summed E-state index contributed by atoms with van der Waals surface area (Å²) in [4.78, 5) is 36.5. The highest BCUT2D eigenvalue weighted by Crippen LogP contribution is 2.50. The molecule has 1 amide bonds. The van der Waals surface area contributed by atoms with Gasteiger partial charge in [0.15, 0.2) is 0 Å². The molecule has 4 N–H and O–H groups in total. The molecule has 3 atom stereocenters. The van der Waals surface area contributed by atoms with Crippen molar-refractivity contribution in [2.75, 3.05) is 13.2 Å². The highest BCUT2D eigenvalue weighted by molar-refractivity contribution is 8.04. The van der Waals surface area contributed by atoms with E-state index in [1.807, 2.05) is 0 Å². The molecule has 9 heteroatoms. The van der Waals surface area contributed by atoms with Crippen LogP contribution in [-0.2, 0) is 19.1 Å². The summed E-state index contributed by atoms with van der Waals surface area (Å²) in [7, 11) is 0. The van der Waals surface area contributed by atoms with Crippen LogP contribution < -0.4 is 5.73 Å². The standard InChI is InChI=1S/C14H20N2O6S/c1-7(17)10-12(19)16-11(14(20)21)8(23-13(10)16)6-22-9(18)4-2-3-5-15/h7,10,13,17H,2-6,15H2,1H3,(H,20,21)/t7-,10+,13-/m1/s1.